The molecule has 1 amide bonds. The smallest absolute Gasteiger partial charge is 0.405 e. The lowest BCUT2D eigenvalue weighted by Crippen LogP contribution is -2.35. The van der Waals surface area contributed by atoms with Crippen LogP contribution in [0.4, 0.5) is 19.4 Å². The van der Waals surface area contributed by atoms with Gasteiger partial charge in [0.15, 0.2) is 5.75 Å². The van der Waals surface area contributed by atoms with Crippen molar-refractivity contribution in [3.63, 3.8) is 0 Å². The van der Waals surface area contributed by atoms with Crippen LogP contribution >= 0.6 is 0 Å². The summed E-state index contributed by atoms with van der Waals surface area (Å²) >= 11 is 0. The predicted octanol–water partition coefficient (Wildman–Crippen LogP) is 1.79. The highest BCUT2D eigenvalue weighted by Crippen LogP contribution is 2.37. The van der Waals surface area contributed by atoms with E-state index in [9.17, 15) is 18.7 Å². The van der Waals surface area contributed by atoms with Gasteiger partial charge in [-0.15, -0.1) is 0 Å². The molecule has 11 heteroatoms. The van der Waals surface area contributed by atoms with Crippen molar-refractivity contribution in [1.29, 1.82) is 0 Å². The highest BCUT2D eigenvalue weighted by atomic mass is 19.1. The van der Waals surface area contributed by atoms with E-state index in [1.54, 1.807) is 12.3 Å². The number of aliphatic hydroxyl groups excluding tert-OH is 2. The number of nitrogens with zero attached hydrogens (tertiary/aromatic N) is 4. The van der Waals surface area contributed by atoms with E-state index < -0.39 is 30.4 Å². The van der Waals surface area contributed by atoms with E-state index in [1.165, 1.54) is 16.8 Å². The lowest BCUT2D eigenvalue weighted by molar-refractivity contribution is 0.0937. The molecule has 0 radical (unpaired) electrons. The second kappa shape index (κ2) is 8.82. The summed E-state index contributed by atoms with van der Waals surface area (Å²) in [7, 11) is 0. The molecule has 0 spiro atoms. The summed E-state index contributed by atoms with van der Waals surface area (Å²) in [6.07, 6.45) is 2.45. The minimum atomic E-state index is -1.10. The number of halogens is 2. The summed E-state index contributed by atoms with van der Waals surface area (Å²) in [6, 6.07) is 4.74. The van der Waals surface area contributed by atoms with Gasteiger partial charge in [0.25, 0.3) is 0 Å². The molecule has 1 aliphatic rings. The first-order valence-electron chi connectivity index (χ1n) is 9.77. The van der Waals surface area contributed by atoms with E-state index in [-0.39, 0.29) is 29.5 Å². The largest absolute Gasteiger partial charge is 0.412 e. The molecule has 0 aliphatic carbocycles. The van der Waals surface area contributed by atoms with Gasteiger partial charge in [-0.3, -0.25) is 0 Å². The number of carbonyl (C=O) groups excluding carboxylic acids is 1. The van der Waals surface area contributed by atoms with Crippen molar-refractivity contribution in [3.8, 4) is 5.75 Å². The third-order valence-corrected chi connectivity index (χ3v) is 5.08. The van der Waals surface area contributed by atoms with Crippen molar-refractivity contribution >= 4 is 17.6 Å². The zero-order valence-electron chi connectivity index (χ0n) is 16.4. The fraction of sp³-hybridized carbons (Fsp3) is 0.350. The van der Waals surface area contributed by atoms with Gasteiger partial charge < -0.3 is 25.2 Å². The van der Waals surface area contributed by atoms with Crippen LogP contribution in [0.25, 0.3) is 5.65 Å². The van der Waals surface area contributed by atoms with E-state index in [2.05, 4.69) is 15.4 Å². The third kappa shape index (κ3) is 4.42. The van der Waals surface area contributed by atoms with Crippen LogP contribution in [-0.2, 0) is 0 Å². The number of hydrogen-bond acceptors (Lipinski definition) is 7. The zero-order chi connectivity index (χ0) is 22.0. The van der Waals surface area contributed by atoms with Crippen LogP contribution in [0.3, 0.4) is 0 Å². The van der Waals surface area contributed by atoms with Gasteiger partial charge >= 0.3 is 6.09 Å². The number of hydrogen-bond donors (Lipinski definition) is 3. The summed E-state index contributed by atoms with van der Waals surface area (Å²) in [5.41, 5.74) is 0.534. The normalized spacial score (nSPS) is 17.2. The fourth-order valence-electron chi connectivity index (χ4n) is 3.61. The number of nitrogens with one attached hydrogen (secondary N) is 1. The monoisotopic (exact) mass is 433 g/mol. The van der Waals surface area contributed by atoms with Gasteiger partial charge in [-0.2, -0.15) is 5.10 Å². The van der Waals surface area contributed by atoms with E-state index in [1.807, 2.05) is 4.90 Å². The number of fused-ring (bicyclic) bond motifs is 1. The Morgan fingerprint density at radius 3 is 3.00 bits per heavy atom. The van der Waals surface area contributed by atoms with Crippen LogP contribution in [0.1, 0.15) is 24.4 Å². The van der Waals surface area contributed by atoms with E-state index in [4.69, 9.17) is 9.84 Å². The topological polar surface area (TPSA) is 112 Å². The van der Waals surface area contributed by atoms with Gasteiger partial charge in [0.2, 0.25) is 5.65 Å². The molecule has 3 heterocycles. The summed E-state index contributed by atoms with van der Waals surface area (Å²) in [6.45, 7) is -0.0691. The molecule has 2 aromatic heterocycles. The Hall–Kier alpha value is -3.31. The Morgan fingerprint density at radius 2 is 2.19 bits per heavy atom. The Kier molecular flexibility index (Phi) is 5.96. The van der Waals surface area contributed by atoms with Gasteiger partial charge in [-0.1, -0.05) is 0 Å². The molecule has 4 rings (SSSR count). The van der Waals surface area contributed by atoms with Crippen molar-refractivity contribution in [2.24, 2.45) is 0 Å². The first-order valence-corrected chi connectivity index (χ1v) is 9.77. The summed E-state index contributed by atoms with van der Waals surface area (Å²) in [5, 5.41) is 24.5. The van der Waals surface area contributed by atoms with E-state index in [0.717, 1.165) is 18.6 Å². The van der Waals surface area contributed by atoms with E-state index in [0.29, 0.717) is 18.8 Å². The van der Waals surface area contributed by atoms with Crippen LogP contribution in [-0.4, -0.2) is 56.7 Å². The number of anilines is 1. The van der Waals surface area contributed by atoms with Gasteiger partial charge in [0.1, 0.15) is 17.5 Å². The van der Waals surface area contributed by atoms with Gasteiger partial charge in [0, 0.05) is 24.8 Å². The highest BCUT2D eigenvalue weighted by Gasteiger charge is 2.30. The fourth-order valence-corrected chi connectivity index (χ4v) is 3.61. The number of aromatic nitrogens is 3. The zero-order valence-corrected chi connectivity index (χ0v) is 16.4. The summed E-state index contributed by atoms with van der Waals surface area (Å²) in [5.74, 6) is -0.379. The average Bonchev–Trinajstić information content (AvgIpc) is 3.41. The molecule has 2 atom stereocenters. The maximum atomic E-state index is 14.4. The number of amides is 1. The minimum absolute atomic E-state index is 0.0884. The number of ether oxygens (including phenoxy) is 1. The molecule has 0 saturated carbocycles. The first-order chi connectivity index (χ1) is 15.0. The number of benzene rings is 1. The van der Waals surface area contributed by atoms with Crippen LogP contribution in [0.2, 0.25) is 0 Å². The molecule has 9 nitrogen and oxygen atoms in total. The Balaban J connectivity index is 1.58. The second-order valence-corrected chi connectivity index (χ2v) is 7.19. The maximum absolute atomic E-state index is 14.4. The Morgan fingerprint density at radius 1 is 1.35 bits per heavy atom. The molecule has 3 N–H and O–H groups in total. The summed E-state index contributed by atoms with van der Waals surface area (Å²) in [4.78, 5) is 18.4. The van der Waals surface area contributed by atoms with E-state index >= 15 is 0 Å². The van der Waals surface area contributed by atoms with Crippen molar-refractivity contribution in [2.45, 2.75) is 25.0 Å². The van der Waals surface area contributed by atoms with Crippen molar-refractivity contribution in [2.75, 3.05) is 24.6 Å². The van der Waals surface area contributed by atoms with Crippen LogP contribution in [0.5, 0.6) is 5.75 Å². The number of rotatable bonds is 6. The minimum Gasteiger partial charge on any atom is -0.405 e. The quantitative estimate of drug-likeness (QED) is 0.543. The first kappa shape index (κ1) is 20.9. The molecule has 31 heavy (non-hydrogen) atoms. The average molecular weight is 433 g/mol. The maximum Gasteiger partial charge on any atom is 0.412 e. The van der Waals surface area contributed by atoms with Crippen LogP contribution in [0.15, 0.2) is 36.7 Å². The molecular weight excluding hydrogens is 412 g/mol. The number of carbonyl (C=O) groups is 1. The Labute approximate surface area is 175 Å². The predicted molar refractivity (Wildman–Crippen MR) is 106 cm³/mol. The van der Waals surface area contributed by atoms with Crippen molar-refractivity contribution in [3.05, 3.63) is 53.9 Å². The van der Waals surface area contributed by atoms with Crippen LogP contribution in [0, 0.1) is 11.6 Å². The molecule has 164 valence electrons. The van der Waals surface area contributed by atoms with Gasteiger partial charge in [0.05, 0.1) is 24.9 Å². The second-order valence-electron chi connectivity index (χ2n) is 7.19. The molecule has 0 bridgehead atoms. The Bertz CT molecular complexity index is 1090. The molecule has 1 fully saturated rings. The molecule has 0 unspecified atom stereocenters. The molecule has 1 aliphatic heterocycles. The molecular formula is C20H21F2N5O4. The SMILES string of the molecule is O=C(NC[C@H](O)CO)Oc1cnn2ccc(N3CCC[C@@H]3c3cc(F)ccc3F)nc12. The summed E-state index contributed by atoms with van der Waals surface area (Å²) < 4.78 is 34.7. The standard InChI is InChI=1S/C20H21F2N5O4/c21-12-3-4-15(22)14(8-12)16-2-1-6-26(16)18-5-7-27-19(25-18)17(10-24-27)31-20(30)23-9-13(29)11-28/h3-5,7-8,10,13,16,28-29H,1-2,6,9,11H2,(H,23,30)/t13-,16+/m0/s1. The van der Waals surface area contributed by atoms with Crippen LogP contribution < -0.4 is 15.0 Å². The van der Waals surface area contributed by atoms with Gasteiger partial charge in [-0.25, -0.2) is 23.1 Å². The number of aliphatic hydroxyl groups is 2. The third-order valence-electron chi connectivity index (χ3n) is 5.08. The molecule has 3 aromatic rings. The highest BCUT2D eigenvalue weighted by molar-refractivity contribution is 5.73. The molecule has 1 saturated heterocycles. The van der Waals surface area contributed by atoms with Crippen molar-refractivity contribution in [1.82, 2.24) is 19.9 Å². The van der Waals surface area contributed by atoms with Gasteiger partial charge in [-0.05, 0) is 37.1 Å². The molecule has 1 aromatic carbocycles. The lowest BCUT2D eigenvalue weighted by Gasteiger charge is -2.26. The van der Waals surface area contributed by atoms with Crippen molar-refractivity contribution < 1.29 is 28.5 Å². The lowest BCUT2D eigenvalue weighted by atomic mass is 10.0.